The van der Waals surface area contributed by atoms with Crippen LogP contribution in [0, 0.1) is 10.1 Å². The molecule has 0 radical (unpaired) electrons. The molecule has 108 valence electrons. The van der Waals surface area contributed by atoms with E-state index in [0.29, 0.717) is 0 Å². The molecule has 1 aromatic heterocycles. The molecular weight excluding hydrogens is 260 g/mol. The van der Waals surface area contributed by atoms with Gasteiger partial charge in [-0.3, -0.25) is 10.1 Å². The topological polar surface area (TPSA) is 99.0 Å². The van der Waals surface area contributed by atoms with Crippen LogP contribution in [0.5, 0.6) is 0 Å². The van der Waals surface area contributed by atoms with Crippen molar-refractivity contribution in [3.8, 4) is 0 Å². The van der Waals surface area contributed by atoms with Crippen molar-refractivity contribution in [1.82, 2.24) is 9.78 Å². The van der Waals surface area contributed by atoms with Gasteiger partial charge in [0.1, 0.15) is 5.69 Å². The molecule has 0 aliphatic rings. The Balaban J connectivity index is 3.10. The zero-order valence-electron chi connectivity index (χ0n) is 11.0. The van der Waals surface area contributed by atoms with Gasteiger partial charge in [0.2, 0.25) is 5.82 Å². The predicted octanol–water partition coefficient (Wildman–Crippen LogP) is 1.46. The average molecular weight is 277 g/mol. The summed E-state index contributed by atoms with van der Waals surface area (Å²) in [6.07, 6.45) is 0. The first-order valence-corrected chi connectivity index (χ1v) is 5.72. The van der Waals surface area contributed by atoms with Crippen molar-refractivity contribution >= 4 is 11.5 Å². The van der Waals surface area contributed by atoms with Crippen molar-refractivity contribution in [3.63, 3.8) is 0 Å². The Morgan fingerprint density at radius 1 is 1.58 bits per heavy atom. The zero-order chi connectivity index (χ0) is 14.8. The minimum Gasteiger partial charge on any atom is -0.358 e. The molecule has 0 saturated carbocycles. The van der Waals surface area contributed by atoms with E-state index in [0.717, 1.165) is 0 Å². The van der Waals surface area contributed by atoms with E-state index >= 15 is 0 Å². The average Bonchev–Trinajstić information content (AvgIpc) is 2.64. The van der Waals surface area contributed by atoms with E-state index in [-0.39, 0.29) is 23.1 Å². The molecule has 0 atom stereocenters. The third-order valence-electron chi connectivity index (χ3n) is 2.59. The van der Waals surface area contributed by atoms with Crippen molar-refractivity contribution in [1.29, 1.82) is 0 Å². The Morgan fingerprint density at radius 2 is 2.16 bits per heavy atom. The molecule has 9 heteroatoms. The molecule has 7 nitrogen and oxygen atoms in total. The van der Waals surface area contributed by atoms with Crippen molar-refractivity contribution in [3.05, 3.63) is 15.8 Å². The summed E-state index contributed by atoms with van der Waals surface area (Å²) in [7, 11) is 1.46. The molecule has 0 aromatic carbocycles. The lowest BCUT2D eigenvalue weighted by Gasteiger charge is -2.14. The van der Waals surface area contributed by atoms with Crippen LogP contribution in [-0.4, -0.2) is 33.7 Å². The smallest absolute Gasteiger partial charge is 0.334 e. The van der Waals surface area contributed by atoms with Gasteiger partial charge in [0.15, 0.2) is 0 Å². The summed E-state index contributed by atoms with van der Waals surface area (Å²) in [5.74, 6) is -3.35. The lowest BCUT2D eigenvalue weighted by molar-refractivity contribution is -0.384. The maximum absolute atomic E-state index is 13.1. The van der Waals surface area contributed by atoms with Gasteiger partial charge < -0.3 is 11.1 Å². The van der Waals surface area contributed by atoms with Crippen LogP contribution in [0.3, 0.4) is 0 Å². The highest BCUT2D eigenvalue weighted by Gasteiger charge is 2.32. The van der Waals surface area contributed by atoms with Gasteiger partial charge in [-0.1, -0.05) is 13.8 Å². The summed E-state index contributed by atoms with van der Waals surface area (Å²) in [4.78, 5) is 10.4. The highest BCUT2D eigenvalue weighted by atomic mass is 19.3. The predicted molar refractivity (Wildman–Crippen MR) is 66.4 cm³/mol. The summed E-state index contributed by atoms with van der Waals surface area (Å²) in [6, 6.07) is 0. The second kappa shape index (κ2) is 5.47. The molecule has 0 bridgehead atoms. The molecule has 0 amide bonds. The summed E-state index contributed by atoms with van der Waals surface area (Å²) in [5.41, 5.74) is 4.90. The lowest BCUT2D eigenvalue weighted by Crippen LogP contribution is -2.35. The maximum atomic E-state index is 13.1. The summed E-state index contributed by atoms with van der Waals surface area (Å²) < 4.78 is 27.4. The second-order valence-corrected chi connectivity index (χ2v) is 4.53. The van der Waals surface area contributed by atoms with Gasteiger partial charge in [0.25, 0.3) is 5.92 Å². The van der Waals surface area contributed by atoms with E-state index in [1.807, 2.05) is 0 Å². The molecule has 0 aliphatic carbocycles. The third-order valence-corrected chi connectivity index (χ3v) is 2.59. The number of hydrogen-bond donors (Lipinski definition) is 2. The summed E-state index contributed by atoms with van der Waals surface area (Å²) in [5, 5.41) is 17.4. The molecule has 0 aliphatic heterocycles. The van der Waals surface area contributed by atoms with Gasteiger partial charge in [-0.05, 0) is 0 Å². The molecule has 1 heterocycles. The first-order chi connectivity index (χ1) is 8.69. The lowest BCUT2D eigenvalue weighted by atomic mass is 10.1. The Labute approximate surface area is 108 Å². The molecule has 0 spiro atoms. The number of rotatable bonds is 6. The Hall–Kier alpha value is -1.77. The van der Waals surface area contributed by atoms with Crippen LogP contribution >= 0.6 is 0 Å². The first kappa shape index (κ1) is 15.3. The molecule has 1 rings (SSSR count). The van der Waals surface area contributed by atoms with Crippen LogP contribution in [0.15, 0.2) is 0 Å². The van der Waals surface area contributed by atoms with Gasteiger partial charge in [0.05, 0.1) is 18.0 Å². The zero-order valence-corrected chi connectivity index (χ0v) is 11.0. The van der Waals surface area contributed by atoms with Crippen LogP contribution in [0.4, 0.5) is 20.3 Å². The molecule has 0 unspecified atom stereocenters. The highest BCUT2D eigenvalue weighted by Crippen LogP contribution is 2.33. The van der Waals surface area contributed by atoms with E-state index in [2.05, 4.69) is 10.4 Å². The second-order valence-electron chi connectivity index (χ2n) is 4.53. The van der Waals surface area contributed by atoms with Gasteiger partial charge in [-0.2, -0.15) is 5.10 Å². The third kappa shape index (κ3) is 3.37. The number of nitrogens with zero attached hydrogens (tertiary/aromatic N) is 3. The largest absolute Gasteiger partial charge is 0.358 e. The Kier molecular flexibility index (Phi) is 4.40. The van der Waals surface area contributed by atoms with Gasteiger partial charge >= 0.3 is 5.69 Å². The summed E-state index contributed by atoms with van der Waals surface area (Å²) >= 11 is 0. The minimum atomic E-state index is -3.13. The van der Waals surface area contributed by atoms with Crippen LogP contribution in [0.2, 0.25) is 0 Å². The Morgan fingerprint density at radius 3 is 2.58 bits per heavy atom. The van der Waals surface area contributed by atoms with E-state index in [9.17, 15) is 18.9 Å². The SMILES string of the molecule is CC(C)c1nn(C)c(NCC(F)(F)CN)c1[N+](=O)[O-]. The van der Waals surface area contributed by atoms with Gasteiger partial charge in [0, 0.05) is 13.0 Å². The van der Waals surface area contributed by atoms with E-state index in [4.69, 9.17) is 5.73 Å². The number of nitro groups is 1. The van der Waals surface area contributed by atoms with E-state index < -0.39 is 23.9 Å². The number of anilines is 1. The van der Waals surface area contributed by atoms with Crippen molar-refractivity contribution in [2.75, 3.05) is 18.4 Å². The molecular formula is C10H17F2N5O2. The fraction of sp³-hybridized carbons (Fsp3) is 0.700. The molecule has 3 N–H and O–H groups in total. The number of nitrogens with one attached hydrogen (secondary N) is 1. The minimum absolute atomic E-state index is 0.0400. The monoisotopic (exact) mass is 277 g/mol. The number of hydrogen-bond acceptors (Lipinski definition) is 5. The Bertz CT molecular complexity index is 473. The number of alkyl halides is 2. The molecule has 0 saturated heterocycles. The van der Waals surface area contributed by atoms with Crippen molar-refractivity contribution < 1.29 is 13.7 Å². The normalized spacial score (nSPS) is 11.9. The maximum Gasteiger partial charge on any atom is 0.334 e. The fourth-order valence-corrected chi connectivity index (χ4v) is 1.59. The first-order valence-electron chi connectivity index (χ1n) is 5.72. The fourth-order valence-electron chi connectivity index (χ4n) is 1.59. The number of halogens is 2. The van der Waals surface area contributed by atoms with Crippen LogP contribution in [-0.2, 0) is 7.05 Å². The van der Waals surface area contributed by atoms with Crippen molar-refractivity contribution in [2.45, 2.75) is 25.7 Å². The van der Waals surface area contributed by atoms with Crippen LogP contribution < -0.4 is 11.1 Å². The standard InChI is InChI=1S/C10H17F2N5O2/c1-6(2)7-8(17(18)19)9(16(3)15-7)14-5-10(11,12)4-13/h6,14H,4-5,13H2,1-3H3. The number of aromatic nitrogens is 2. The van der Waals surface area contributed by atoms with Crippen LogP contribution in [0.1, 0.15) is 25.5 Å². The summed E-state index contributed by atoms with van der Waals surface area (Å²) in [6.45, 7) is 1.88. The van der Waals surface area contributed by atoms with Crippen molar-refractivity contribution in [2.24, 2.45) is 12.8 Å². The van der Waals surface area contributed by atoms with Gasteiger partial charge in [-0.25, -0.2) is 13.5 Å². The van der Waals surface area contributed by atoms with E-state index in [1.54, 1.807) is 13.8 Å². The molecule has 0 fully saturated rings. The highest BCUT2D eigenvalue weighted by molar-refractivity contribution is 5.60. The number of nitrogens with two attached hydrogens (primary N) is 1. The van der Waals surface area contributed by atoms with Gasteiger partial charge in [-0.15, -0.1) is 0 Å². The number of aryl methyl sites for hydroxylation is 1. The molecule has 19 heavy (non-hydrogen) atoms. The quantitative estimate of drug-likeness (QED) is 0.605. The molecule has 1 aromatic rings. The van der Waals surface area contributed by atoms with Crippen LogP contribution in [0.25, 0.3) is 0 Å². The van der Waals surface area contributed by atoms with E-state index in [1.165, 1.54) is 11.7 Å².